The van der Waals surface area contributed by atoms with Crippen LogP contribution in [0.1, 0.15) is 24.4 Å². The lowest BCUT2D eigenvalue weighted by molar-refractivity contribution is -0.918. The number of halogens is 2. The Hall–Kier alpha value is -3.00. The molecule has 0 saturated carbocycles. The Balaban J connectivity index is 1.66. The van der Waals surface area contributed by atoms with Gasteiger partial charge in [0.05, 0.1) is 25.3 Å². The van der Waals surface area contributed by atoms with Gasteiger partial charge >= 0.3 is 11.8 Å². The Morgan fingerprint density at radius 2 is 1.70 bits per heavy atom. The standard InChI is InChI=1S/C22H26F2N4O2/c1-27(2)17-8-5-15(6-9-17)20(28-11-3-4-12-28)14-25-21(29)22(30)26-19-13-16(23)7-10-18(19)24/h5-10,13,20H,3-4,11-12,14H2,1-2H3,(H,25,29)(H,26,30)/p+1/t20-/m1/s1. The van der Waals surface area contributed by atoms with E-state index in [1.807, 2.05) is 43.3 Å². The number of hydrogen-bond donors (Lipinski definition) is 3. The number of carbonyl (C=O) groups is 2. The summed E-state index contributed by atoms with van der Waals surface area (Å²) in [5.41, 5.74) is 1.79. The first-order valence-electron chi connectivity index (χ1n) is 10.0. The van der Waals surface area contributed by atoms with Crippen molar-refractivity contribution in [3.8, 4) is 0 Å². The molecule has 1 aliphatic heterocycles. The van der Waals surface area contributed by atoms with Crippen molar-refractivity contribution in [1.82, 2.24) is 5.32 Å². The normalized spacial score (nSPS) is 14.9. The number of anilines is 2. The minimum absolute atomic E-state index is 0.00590. The predicted octanol–water partition coefficient (Wildman–Crippen LogP) is 1.51. The average Bonchev–Trinajstić information content (AvgIpc) is 3.25. The van der Waals surface area contributed by atoms with E-state index >= 15 is 0 Å². The topological polar surface area (TPSA) is 65.9 Å². The molecule has 6 nitrogen and oxygen atoms in total. The molecule has 160 valence electrons. The van der Waals surface area contributed by atoms with Crippen molar-refractivity contribution in [2.75, 3.05) is 43.9 Å². The van der Waals surface area contributed by atoms with Gasteiger partial charge in [-0.25, -0.2) is 8.78 Å². The molecule has 0 radical (unpaired) electrons. The zero-order valence-electron chi connectivity index (χ0n) is 17.2. The number of nitrogens with one attached hydrogen (secondary N) is 3. The molecule has 0 unspecified atom stereocenters. The third-order valence-corrected chi connectivity index (χ3v) is 5.40. The molecule has 30 heavy (non-hydrogen) atoms. The second-order valence-electron chi connectivity index (χ2n) is 7.69. The highest BCUT2D eigenvalue weighted by Crippen LogP contribution is 2.17. The first kappa shape index (κ1) is 21.7. The molecule has 1 heterocycles. The Morgan fingerprint density at radius 3 is 2.33 bits per heavy atom. The van der Waals surface area contributed by atoms with Crippen LogP contribution in [-0.4, -0.2) is 45.5 Å². The zero-order chi connectivity index (χ0) is 21.7. The number of carbonyl (C=O) groups excluding carboxylic acids is 2. The van der Waals surface area contributed by atoms with Gasteiger partial charge in [-0.05, 0) is 24.3 Å². The number of rotatable bonds is 6. The Bertz CT molecular complexity index is 897. The summed E-state index contributed by atoms with van der Waals surface area (Å²) < 4.78 is 27.0. The van der Waals surface area contributed by atoms with E-state index in [0.717, 1.165) is 55.4 Å². The number of nitrogens with zero attached hydrogens (tertiary/aromatic N) is 1. The van der Waals surface area contributed by atoms with Crippen LogP contribution in [0.4, 0.5) is 20.2 Å². The minimum atomic E-state index is -1.03. The van der Waals surface area contributed by atoms with Crippen molar-refractivity contribution in [2.24, 2.45) is 0 Å². The smallest absolute Gasteiger partial charge is 0.313 e. The molecule has 2 aromatic rings. The van der Waals surface area contributed by atoms with E-state index in [1.54, 1.807) is 0 Å². The van der Waals surface area contributed by atoms with Crippen LogP contribution in [0, 0.1) is 11.6 Å². The minimum Gasteiger partial charge on any atom is -0.378 e. The van der Waals surface area contributed by atoms with Crippen LogP contribution in [0.25, 0.3) is 0 Å². The summed E-state index contributed by atoms with van der Waals surface area (Å²) in [4.78, 5) is 27.8. The fourth-order valence-electron chi connectivity index (χ4n) is 3.73. The van der Waals surface area contributed by atoms with Crippen LogP contribution in [0.2, 0.25) is 0 Å². The summed E-state index contributed by atoms with van der Waals surface area (Å²) in [7, 11) is 3.94. The first-order chi connectivity index (χ1) is 14.3. The van der Waals surface area contributed by atoms with Gasteiger partial charge < -0.3 is 20.4 Å². The maximum atomic E-state index is 13.7. The molecule has 3 N–H and O–H groups in total. The van der Waals surface area contributed by atoms with Gasteiger partial charge in [-0.3, -0.25) is 9.59 Å². The van der Waals surface area contributed by atoms with Gasteiger partial charge in [0.15, 0.2) is 0 Å². The molecule has 2 aromatic carbocycles. The Labute approximate surface area is 174 Å². The van der Waals surface area contributed by atoms with E-state index in [4.69, 9.17) is 0 Å². The van der Waals surface area contributed by atoms with Crippen LogP contribution in [0.5, 0.6) is 0 Å². The zero-order valence-corrected chi connectivity index (χ0v) is 17.2. The van der Waals surface area contributed by atoms with E-state index in [2.05, 4.69) is 10.6 Å². The van der Waals surface area contributed by atoms with Crippen molar-refractivity contribution in [1.29, 1.82) is 0 Å². The number of benzene rings is 2. The summed E-state index contributed by atoms with van der Waals surface area (Å²) >= 11 is 0. The van der Waals surface area contributed by atoms with Crippen molar-refractivity contribution >= 4 is 23.2 Å². The van der Waals surface area contributed by atoms with Crippen LogP contribution >= 0.6 is 0 Å². The van der Waals surface area contributed by atoms with Gasteiger partial charge in [0, 0.05) is 44.3 Å². The highest BCUT2D eigenvalue weighted by molar-refractivity contribution is 6.39. The second kappa shape index (κ2) is 9.67. The maximum absolute atomic E-state index is 13.7. The Kier molecular flexibility index (Phi) is 6.99. The van der Waals surface area contributed by atoms with Crippen LogP contribution in [0.3, 0.4) is 0 Å². The third kappa shape index (κ3) is 5.33. The van der Waals surface area contributed by atoms with Gasteiger partial charge in [-0.15, -0.1) is 0 Å². The summed E-state index contributed by atoms with van der Waals surface area (Å²) in [6.07, 6.45) is 2.24. The number of likely N-dealkylation sites (tertiary alicyclic amines) is 1. The average molecular weight is 417 g/mol. The first-order valence-corrected chi connectivity index (χ1v) is 10.0. The number of hydrogen-bond acceptors (Lipinski definition) is 3. The maximum Gasteiger partial charge on any atom is 0.313 e. The lowest BCUT2D eigenvalue weighted by atomic mass is 10.0. The molecule has 8 heteroatoms. The quantitative estimate of drug-likeness (QED) is 0.625. The van der Waals surface area contributed by atoms with Crippen molar-refractivity contribution < 1.29 is 23.3 Å². The van der Waals surface area contributed by atoms with E-state index < -0.39 is 23.4 Å². The summed E-state index contributed by atoms with van der Waals surface area (Å²) in [6.45, 7) is 2.27. The van der Waals surface area contributed by atoms with Crippen molar-refractivity contribution in [3.63, 3.8) is 0 Å². The van der Waals surface area contributed by atoms with E-state index in [1.165, 1.54) is 4.90 Å². The van der Waals surface area contributed by atoms with E-state index in [-0.39, 0.29) is 18.3 Å². The van der Waals surface area contributed by atoms with Crippen molar-refractivity contribution in [2.45, 2.75) is 18.9 Å². The van der Waals surface area contributed by atoms with Crippen LogP contribution in [0.15, 0.2) is 42.5 Å². The molecule has 0 aliphatic carbocycles. The SMILES string of the molecule is CN(C)c1ccc([C@@H](CNC(=O)C(=O)Nc2cc(F)ccc2F)[NH+]2CCCC2)cc1. The molecule has 2 amide bonds. The highest BCUT2D eigenvalue weighted by Gasteiger charge is 2.28. The molecular formula is C22H27F2N4O2+. The summed E-state index contributed by atoms with van der Waals surface area (Å²) in [5.74, 6) is -3.42. The highest BCUT2D eigenvalue weighted by atomic mass is 19.1. The largest absolute Gasteiger partial charge is 0.378 e. The van der Waals surface area contributed by atoms with Gasteiger partial charge in [0.25, 0.3) is 0 Å². The molecule has 3 rings (SSSR count). The molecular weight excluding hydrogens is 390 g/mol. The molecule has 1 aliphatic rings. The fourth-order valence-corrected chi connectivity index (χ4v) is 3.73. The van der Waals surface area contributed by atoms with Crippen LogP contribution < -0.4 is 20.4 Å². The fraction of sp³-hybridized carbons (Fsp3) is 0.364. The monoisotopic (exact) mass is 417 g/mol. The van der Waals surface area contributed by atoms with Gasteiger partial charge in [-0.2, -0.15) is 0 Å². The predicted molar refractivity (Wildman–Crippen MR) is 111 cm³/mol. The summed E-state index contributed by atoms with van der Waals surface area (Å²) in [6, 6.07) is 10.8. The lowest BCUT2D eigenvalue weighted by Crippen LogP contribution is -3.11. The molecule has 1 fully saturated rings. The van der Waals surface area contributed by atoms with Gasteiger partial charge in [0.1, 0.15) is 17.7 Å². The number of quaternary nitrogens is 1. The third-order valence-electron chi connectivity index (χ3n) is 5.40. The Morgan fingerprint density at radius 1 is 1.03 bits per heavy atom. The molecule has 1 atom stereocenters. The van der Waals surface area contributed by atoms with E-state index in [0.29, 0.717) is 0 Å². The van der Waals surface area contributed by atoms with Gasteiger partial charge in [-0.1, -0.05) is 12.1 Å². The molecule has 0 bridgehead atoms. The van der Waals surface area contributed by atoms with Gasteiger partial charge in [0.2, 0.25) is 0 Å². The van der Waals surface area contributed by atoms with E-state index in [9.17, 15) is 18.4 Å². The molecule has 1 saturated heterocycles. The molecule has 0 aromatic heterocycles. The molecule has 0 spiro atoms. The second-order valence-corrected chi connectivity index (χ2v) is 7.69. The van der Waals surface area contributed by atoms with Crippen LogP contribution in [-0.2, 0) is 9.59 Å². The van der Waals surface area contributed by atoms with Crippen molar-refractivity contribution in [3.05, 3.63) is 59.7 Å². The summed E-state index contributed by atoms with van der Waals surface area (Å²) in [5, 5.41) is 4.78. The number of amides is 2. The lowest BCUT2D eigenvalue weighted by Gasteiger charge is -2.25.